The Morgan fingerprint density at radius 1 is 1.86 bits per heavy atom. The Labute approximate surface area is 53.6 Å². The van der Waals surface area contributed by atoms with E-state index in [0.29, 0.717) is 0 Å². The fraction of sp³-hybridized carbons (Fsp3) is 0. The first-order valence-electron chi connectivity index (χ1n) is 1.34. The normalized spacial score (nSPS) is 5.71. The molecule has 0 spiro atoms. The van der Waals surface area contributed by atoms with Crippen molar-refractivity contribution in [1.29, 1.82) is 0 Å². The monoisotopic (exact) mass is 141 g/mol. The van der Waals surface area contributed by atoms with Crippen LogP contribution >= 0.6 is 0 Å². The van der Waals surface area contributed by atoms with Crippen LogP contribution in [0.1, 0.15) is 0 Å². The Hall–Kier alpha value is -0.219. The Morgan fingerprint density at radius 3 is 2.29 bits per heavy atom. The predicted molar refractivity (Wildman–Crippen MR) is 22.0 cm³/mol. The molecule has 0 saturated carbocycles. The van der Waals surface area contributed by atoms with Crippen molar-refractivity contribution in [1.82, 2.24) is 0 Å². The molecule has 0 saturated heterocycles. The molecule has 0 atom stereocenters. The minimum Gasteiger partial charge on any atom is -0.540 e. The molecule has 0 aliphatic carbocycles. The summed E-state index contributed by atoms with van der Waals surface area (Å²) in [6, 6.07) is 0. The van der Waals surface area contributed by atoms with Crippen LogP contribution in [0.3, 0.4) is 0 Å². The molecule has 0 bridgehead atoms. The summed E-state index contributed by atoms with van der Waals surface area (Å²) in [4.78, 5) is 9.72. The zero-order chi connectivity index (χ0) is 4.99. The molecule has 0 N–H and O–H groups in total. The van der Waals surface area contributed by atoms with Crippen LogP contribution in [0.25, 0.3) is 0 Å². The van der Waals surface area contributed by atoms with Gasteiger partial charge in [0.05, 0.1) is 0 Å². The van der Waals surface area contributed by atoms with Crippen LogP contribution in [0.15, 0.2) is 12.7 Å². The van der Waals surface area contributed by atoms with Crippen LogP contribution in [0.5, 0.6) is 0 Å². The van der Waals surface area contributed by atoms with Crippen LogP contribution in [0.4, 0.5) is 0 Å². The van der Waals surface area contributed by atoms with Crippen molar-refractivity contribution in [3.63, 3.8) is 0 Å². The van der Waals surface area contributed by atoms with E-state index >= 15 is 0 Å². The average Bonchev–Trinajstić information content (AvgIpc) is 1.65. The van der Waals surface area contributed by atoms with Crippen LogP contribution in [0.2, 0.25) is 0 Å². The quantitative estimate of drug-likeness (QED) is 0.373. The van der Waals surface area contributed by atoms with E-state index in [-0.39, 0.29) is 16.8 Å². The molecule has 7 heavy (non-hydrogen) atoms. The maximum Gasteiger partial charge on any atom is 0.378 e. The second kappa shape index (κ2) is 5.78. The minimum atomic E-state index is -0.616. The number of hydrogen-bond acceptors (Lipinski definition) is 2. The maximum absolute atomic E-state index is 9.72. The summed E-state index contributed by atoms with van der Waals surface area (Å²) >= 11 is 0. The van der Waals surface area contributed by atoms with Crippen molar-refractivity contribution < 1.29 is 26.2 Å². The summed E-state index contributed by atoms with van der Waals surface area (Å²) in [6.45, 7) is 3.08. The van der Waals surface area contributed by atoms with E-state index in [9.17, 15) is 4.79 Å². The molecule has 0 aromatic carbocycles. The van der Waals surface area contributed by atoms with Gasteiger partial charge in [0.2, 0.25) is 0 Å². The van der Waals surface area contributed by atoms with E-state index in [1.807, 2.05) is 0 Å². The van der Waals surface area contributed by atoms with Crippen LogP contribution in [-0.4, -0.2) is 14.0 Å². The molecule has 4 heteroatoms. The van der Waals surface area contributed by atoms with Crippen LogP contribution < -0.4 is 0 Å². The average molecular weight is 141 g/mol. The molecule has 2 nitrogen and oxygen atoms in total. The zero-order valence-electron chi connectivity index (χ0n) is 3.51. The van der Waals surface area contributed by atoms with Gasteiger partial charge in [-0.05, 0) is 0 Å². The van der Waals surface area contributed by atoms with Gasteiger partial charge in [0.25, 0.3) is 0 Å². The second-order valence-electron chi connectivity index (χ2n) is 0.641. The molecule has 0 amide bonds. The van der Waals surface area contributed by atoms with Gasteiger partial charge < -0.3 is 4.65 Å². The predicted octanol–water partition coefficient (Wildman–Crippen LogP) is -0.203. The van der Waals surface area contributed by atoms with Gasteiger partial charge in [-0.25, -0.2) is 4.79 Å². The van der Waals surface area contributed by atoms with E-state index in [1.54, 1.807) is 0 Å². The molecule has 0 aliphatic heterocycles. The van der Waals surface area contributed by atoms with Gasteiger partial charge >= 0.3 is 14.0 Å². The van der Waals surface area contributed by atoms with Gasteiger partial charge in [-0.15, -0.1) is 0 Å². The van der Waals surface area contributed by atoms with Gasteiger partial charge in [-0.3, -0.25) is 0 Å². The smallest absolute Gasteiger partial charge is 0.378 e. The molecule has 0 fully saturated rings. The van der Waals surface area contributed by atoms with E-state index < -0.39 is 5.97 Å². The summed E-state index contributed by atoms with van der Waals surface area (Å²) in [5.74, 6) is -0.616. The van der Waals surface area contributed by atoms with Gasteiger partial charge in [0.15, 0.2) is 0 Å². The van der Waals surface area contributed by atoms with Crippen molar-refractivity contribution in [2.45, 2.75) is 0 Å². The van der Waals surface area contributed by atoms with Gasteiger partial charge in [0.1, 0.15) is 0 Å². The SMILES string of the molecule is [B]OC(=O)C=C.[Co]. The number of hydrogen-bond donors (Lipinski definition) is 0. The first-order chi connectivity index (χ1) is 2.81. The summed E-state index contributed by atoms with van der Waals surface area (Å²) in [6.07, 6.45) is 0.986. The van der Waals surface area contributed by atoms with E-state index in [2.05, 4.69) is 19.3 Å². The number of carbonyl (C=O) groups is 1. The molecule has 3 radical (unpaired) electrons. The maximum atomic E-state index is 9.72. The molecule has 0 aromatic rings. The summed E-state index contributed by atoms with van der Waals surface area (Å²) in [7, 11) is 4.36. The second-order valence-corrected chi connectivity index (χ2v) is 0.641. The molecule has 39 valence electrons. The van der Waals surface area contributed by atoms with Crippen molar-refractivity contribution in [3.05, 3.63) is 12.7 Å². The standard InChI is InChI=1S/C3H3BO2.Co/c1-2-3(5)6-4;/h2H,1H2;. The Bertz CT molecular complexity index is 73.3. The third kappa shape index (κ3) is 5.78. The summed E-state index contributed by atoms with van der Waals surface area (Å²) in [5.41, 5.74) is 0. The van der Waals surface area contributed by atoms with E-state index in [0.717, 1.165) is 6.08 Å². The van der Waals surface area contributed by atoms with Gasteiger partial charge in [-0.2, -0.15) is 0 Å². The molecule has 0 aliphatic rings. The minimum absolute atomic E-state index is 0. The number of rotatable bonds is 1. The van der Waals surface area contributed by atoms with Crippen LogP contribution in [0, 0.1) is 0 Å². The van der Waals surface area contributed by atoms with Crippen molar-refractivity contribution in [2.24, 2.45) is 0 Å². The number of carbonyl (C=O) groups excluding carboxylic acids is 1. The molecule has 0 unspecified atom stereocenters. The van der Waals surface area contributed by atoms with Crippen LogP contribution in [-0.2, 0) is 26.2 Å². The van der Waals surface area contributed by atoms with Crippen molar-refractivity contribution in [3.8, 4) is 0 Å². The largest absolute Gasteiger partial charge is 0.540 e. The fourth-order valence-electron chi connectivity index (χ4n) is 0.0481. The van der Waals surface area contributed by atoms with Crippen molar-refractivity contribution in [2.75, 3.05) is 0 Å². The molecular weight excluding hydrogens is 138 g/mol. The van der Waals surface area contributed by atoms with E-state index in [4.69, 9.17) is 0 Å². The first kappa shape index (κ1) is 9.91. The third-order valence-electron chi connectivity index (χ3n) is 0.283. The topological polar surface area (TPSA) is 26.3 Å². The molecule has 0 rings (SSSR count). The molecule has 0 heterocycles. The first-order valence-corrected chi connectivity index (χ1v) is 1.34. The third-order valence-corrected chi connectivity index (χ3v) is 0.283. The molecule has 0 aromatic heterocycles. The van der Waals surface area contributed by atoms with Gasteiger partial charge in [0, 0.05) is 22.9 Å². The molecular formula is C3H3BCoO2. The van der Waals surface area contributed by atoms with Gasteiger partial charge in [-0.1, -0.05) is 6.58 Å². The Balaban J connectivity index is 0. The summed E-state index contributed by atoms with van der Waals surface area (Å²) < 4.78 is 3.64. The Kier molecular flexibility index (Phi) is 8.19. The zero-order valence-corrected chi connectivity index (χ0v) is 4.55. The summed E-state index contributed by atoms with van der Waals surface area (Å²) in [5, 5.41) is 0. The Morgan fingerprint density at radius 2 is 2.29 bits per heavy atom. The van der Waals surface area contributed by atoms with Crippen molar-refractivity contribution >= 4 is 14.0 Å². The van der Waals surface area contributed by atoms with E-state index in [1.165, 1.54) is 0 Å². The fourth-order valence-corrected chi connectivity index (χ4v) is 0.0481.